The summed E-state index contributed by atoms with van der Waals surface area (Å²) in [4.78, 5) is 18.0. The van der Waals surface area contributed by atoms with Crippen LogP contribution in [0, 0.1) is 0 Å². The van der Waals surface area contributed by atoms with Crippen LogP contribution in [-0.2, 0) is 4.57 Å². The minimum Gasteiger partial charge on any atom is -0.833 e. The minimum atomic E-state index is -4.33. The van der Waals surface area contributed by atoms with Gasteiger partial charge in [-0.3, -0.25) is 0 Å². The Bertz CT molecular complexity index is 58.7. The summed E-state index contributed by atoms with van der Waals surface area (Å²) < 4.78 is 9.02. The van der Waals surface area contributed by atoms with Crippen molar-refractivity contribution < 1.29 is 169 Å². The Morgan fingerprint density at radius 2 is 1.12 bits per heavy atom. The molecule has 0 saturated heterocycles. The molecule has 8 heavy (non-hydrogen) atoms. The van der Waals surface area contributed by atoms with Crippen LogP contribution in [0.4, 0.5) is 0 Å². The van der Waals surface area contributed by atoms with Gasteiger partial charge in [0.25, 0.3) is 0 Å². The Morgan fingerprint density at radius 1 is 1.12 bits per heavy atom. The van der Waals surface area contributed by atoms with Gasteiger partial charge in [-0.15, -0.1) is 0 Å². The first kappa shape index (κ1) is 23.4. The predicted molar refractivity (Wildman–Crippen MR) is 15.9 cm³/mol. The third kappa shape index (κ3) is 42.0. The molecule has 8 heteroatoms. The normalized spacial score (nSPS) is 7.38. The Labute approximate surface area is 178 Å². The van der Waals surface area contributed by atoms with Crippen molar-refractivity contribution in [3.63, 3.8) is 0 Å². The van der Waals surface area contributed by atoms with Crippen molar-refractivity contribution in [2.75, 3.05) is 0 Å². The molecule has 0 aromatic rings. The van der Waals surface area contributed by atoms with Gasteiger partial charge in [0.15, 0.2) is 0 Å². The van der Waals surface area contributed by atoms with Gasteiger partial charge in [0, 0.05) is 0 Å². The number of hydrogen-bond donors (Lipinski definition) is 0. The van der Waals surface area contributed by atoms with E-state index >= 15 is 0 Å². The van der Waals surface area contributed by atoms with Gasteiger partial charge < -0.3 is 23.3 Å². The summed E-state index contributed by atoms with van der Waals surface area (Å²) in [5, 5.41) is 0. The molecule has 0 aliphatic rings. The molecule has 0 aromatic heterocycles. The van der Waals surface area contributed by atoms with Crippen LogP contribution in [0.1, 0.15) is 0 Å². The van der Waals surface area contributed by atoms with Gasteiger partial charge in [-0.05, 0) is 0 Å². The van der Waals surface area contributed by atoms with E-state index in [0.717, 1.165) is 0 Å². The molecule has 0 fully saturated rings. The SMILES string of the molecule is O=P([O-])([O-])[PH-].[K+].[K+].[K+]. The van der Waals surface area contributed by atoms with Crippen LogP contribution in [0.2, 0.25) is 0 Å². The molecule has 0 heterocycles. The molecule has 0 rings (SSSR count). The van der Waals surface area contributed by atoms with Crippen LogP contribution in [0.25, 0.3) is 0 Å². The van der Waals surface area contributed by atoms with Crippen molar-refractivity contribution >= 4 is 16.2 Å². The minimum absolute atomic E-state index is 0. The molecule has 0 saturated carbocycles. The van der Waals surface area contributed by atoms with Gasteiger partial charge in [0.1, 0.15) is 0 Å². The van der Waals surface area contributed by atoms with Crippen LogP contribution >= 0.6 is 16.2 Å². The second-order valence-corrected chi connectivity index (χ2v) is 3.14. The fourth-order valence-corrected chi connectivity index (χ4v) is 0. The summed E-state index contributed by atoms with van der Waals surface area (Å²) in [6, 6.07) is 0. The maximum atomic E-state index is 9.02. The van der Waals surface area contributed by atoms with Crippen LogP contribution in [0.15, 0.2) is 0 Å². The second kappa shape index (κ2) is 12.5. The van der Waals surface area contributed by atoms with Gasteiger partial charge in [0.2, 0.25) is 0 Å². The molecule has 0 aliphatic carbocycles. The fraction of sp³-hybridized carbons (Fsp3) is 0. The summed E-state index contributed by atoms with van der Waals surface area (Å²) >= 11 is 0. The summed E-state index contributed by atoms with van der Waals surface area (Å²) in [5.74, 6) is 0. The number of hydrogen-bond acceptors (Lipinski definition) is 3. The molecule has 0 bridgehead atoms. The van der Waals surface area contributed by atoms with Crippen LogP contribution in [-0.4, -0.2) is 0 Å². The molecule has 0 N–H and O–H groups in total. The van der Waals surface area contributed by atoms with Gasteiger partial charge in [-0.2, -0.15) is 0 Å². The average Bonchev–Trinajstić information content (AvgIpc) is 0.722. The third-order valence-corrected chi connectivity index (χ3v) is 0. The number of rotatable bonds is 0. The van der Waals surface area contributed by atoms with Crippen LogP contribution < -0.4 is 164 Å². The molecule has 32 valence electrons. The van der Waals surface area contributed by atoms with Crippen molar-refractivity contribution in [2.24, 2.45) is 0 Å². The molecule has 0 amide bonds. The van der Waals surface area contributed by atoms with Crippen molar-refractivity contribution in [3.8, 4) is 0 Å². The summed E-state index contributed by atoms with van der Waals surface area (Å²) in [6.07, 6.45) is 0. The first-order valence-corrected chi connectivity index (χ1v) is 3.66. The molecule has 0 unspecified atom stereocenters. The Balaban J connectivity index is -0.0000000267. The Kier molecular flexibility index (Phi) is 36.5. The van der Waals surface area contributed by atoms with E-state index in [4.69, 9.17) is 14.4 Å². The van der Waals surface area contributed by atoms with Crippen LogP contribution in [0.5, 0.6) is 0 Å². The summed E-state index contributed by atoms with van der Waals surface area (Å²) in [5.41, 5.74) is 0. The van der Waals surface area contributed by atoms with E-state index in [1.54, 1.807) is 0 Å². The first-order chi connectivity index (χ1) is 2.00. The van der Waals surface area contributed by atoms with E-state index in [1.165, 1.54) is 0 Å². The quantitative estimate of drug-likeness (QED) is 0.305. The smallest absolute Gasteiger partial charge is 0.833 e. The predicted octanol–water partition coefficient (Wildman–Crippen LogP) is -10.0. The van der Waals surface area contributed by atoms with E-state index < -0.39 is 7.28 Å². The summed E-state index contributed by atoms with van der Waals surface area (Å²) in [6.45, 7) is 0. The molecule has 0 aliphatic heterocycles. The molecule has 3 nitrogen and oxygen atoms in total. The van der Waals surface area contributed by atoms with E-state index in [1.807, 2.05) is 8.93 Å². The van der Waals surface area contributed by atoms with Crippen LogP contribution in [0.3, 0.4) is 0 Å². The van der Waals surface area contributed by atoms with Gasteiger partial charge >= 0.3 is 154 Å². The van der Waals surface area contributed by atoms with Crippen molar-refractivity contribution in [2.45, 2.75) is 0 Å². The van der Waals surface area contributed by atoms with E-state index in [2.05, 4.69) is 0 Å². The van der Waals surface area contributed by atoms with Crippen molar-refractivity contribution in [1.29, 1.82) is 0 Å². The van der Waals surface area contributed by atoms with E-state index in [-0.39, 0.29) is 154 Å². The van der Waals surface area contributed by atoms with Crippen molar-refractivity contribution in [1.82, 2.24) is 0 Å². The van der Waals surface area contributed by atoms with E-state index in [9.17, 15) is 0 Å². The van der Waals surface area contributed by atoms with Crippen molar-refractivity contribution in [3.05, 3.63) is 0 Å². The zero-order valence-corrected chi connectivity index (χ0v) is 16.4. The summed E-state index contributed by atoms with van der Waals surface area (Å²) in [7, 11) is -2.47. The third-order valence-electron chi connectivity index (χ3n) is 0. The monoisotopic (exact) mass is 228 g/mol. The average molecular weight is 228 g/mol. The molecule has 0 aromatic carbocycles. The standard InChI is InChI=1S/3K.H3O3P2/c;;;1-5(2,3)4/h;;;4H,(H2,1,2,3)/q3*+1;-1/p-2. The molecular weight excluding hydrogens is 227 g/mol. The first-order valence-electron chi connectivity index (χ1n) is 0.771. The maximum Gasteiger partial charge on any atom is 1.00 e. The molecular formula is HK3O3P2. The Hall–Kier alpha value is 5.49. The largest absolute Gasteiger partial charge is 1.00 e. The van der Waals surface area contributed by atoms with Gasteiger partial charge in [0.05, 0.1) is 0 Å². The molecule has 0 spiro atoms. The van der Waals surface area contributed by atoms with Gasteiger partial charge in [-0.25, -0.2) is 7.28 Å². The second-order valence-electron chi connectivity index (χ2n) is 0.497. The van der Waals surface area contributed by atoms with E-state index in [0.29, 0.717) is 0 Å². The van der Waals surface area contributed by atoms with Gasteiger partial charge in [-0.1, -0.05) is 0 Å². The topological polar surface area (TPSA) is 63.2 Å². The fourth-order valence-electron chi connectivity index (χ4n) is 0. The Morgan fingerprint density at radius 3 is 1.12 bits per heavy atom. The maximum absolute atomic E-state index is 9.02. The zero-order valence-electron chi connectivity index (χ0n) is 5.17. The molecule has 0 atom stereocenters. The molecule has 0 radical (unpaired) electrons. The zero-order chi connectivity index (χ0) is 4.50.